The first-order valence-corrected chi connectivity index (χ1v) is 9.89. The summed E-state index contributed by atoms with van der Waals surface area (Å²) in [6.07, 6.45) is 3.06. The van der Waals surface area contributed by atoms with Gasteiger partial charge in [-0.25, -0.2) is 5.43 Å². The Balaban J connectivity index is 1.52. The van der Waals surface area contributed by atoms with E-state index in [1.54, 1.807) is 42.5 Å². The van der Waals surface area contributed by atoms with Gasteiger partial charge in [-0.05, 0) is 42.0 Å². The van der Waals surface area contributed by atoms with Gasteiger partial charge in [-0.2, -0.15) is 5.10 Å². The maximum atomic E-state index is 12.1. The van der Waals surface area contributed by atoms with Gasteiger partial charge in [0.2, 0.25) is 0 Å². The summed E-state index contributed by atoms with van der Waals surface area (Å²) < 4.78 is 11.2. The Morgan fingerprint density at radius 1 is 0.875 bits per heavy atom. The van der Waals surface area contributed by atoms with Crippen molar-refractivity contribution in [2.75, 3.05) is 11.9 Å². The molecule has 0 atom stereocenters. The number of hydrogen-bond donors (Lipinski definition) is 2. The van der Waals surface area contributed by atoms with Gasteiger partial charge in [0.1, 0.15) is 24.7 Å². The average Bonchev–Trinajstić information content (AvgIpc) is 2.83. The number of rotatable bonds is 9. The minimum absolute atomic E-state index is 0.381. The van der Waals surface area contributed by atoms with E-state index in [1.165, 1.54) is 6.21 Å². The van der Waals surface area contributed by atoms with Crippen LogP contribution in [0.25, 0.3) is 0 Å². The molecule has 162 valence electrons. The van der Waals surface area contributed by atoms with E-state index in [2.05, 4.69) is 22.4 Å². The molecule has 0 heterocycles. The molecule has 0 aliphatic heterocycles. The number of para-hydroxylation sites is 1. The molecule has 0 fully saturated rings. The monoisotopic (exact) mass is 429 g/mol. The molecule has 2 amide bonds. The molecule has 0 radical (unpaired) electrons. The molecule has 0 saturated heterocycles. The third-order valence-corrected chi connectivity index (χ3v) is 4.21. The number of nitrogens with zero attached hydrogens (tertiary/aromatic N) is 1. The van der Waals surface area contributed by atoms with Crippen LogP contribution in [-0.2, 0) is 16.2 Å². The average molecular weight is 429 g/mol. The smallest absolute Gasteiger partial charge is 0.329 e. The summed E-state index contributed by atoms with van der Waals surface area (Å²) in [5.41, 5.74) is 4.37. The molecule has 7 nitrogen and oxygen atoms in total. The van der Waals surface area contributed by atoms with Crippen molar-refractivity contribution in [2.45, 2.75) is 6.61 Å². The summed E-state index contributed by atoms with van der Waals surface area (Å²) in [5.74, 6) is -0.492. The lowest BCUT2D eigenvalue weighted by molar-refractivity contribution is -0.136. The van der Waals surface area contributed by atoms with Crippen LogP contribution in [0, 0.1) is 0 Å². The quantitative estimate of drug-likeness (QED) is 0.234. The molecule has 3 rings (SSSR count). The van der Waals surface area contributed by atoms with E-state index >= 15 is 0 Å². The van der Waals surface area contributed by atoms with Crippen LogP contribution in [0.5, 0.6) is 11.5 Å². The zero-order valence-electron chi connectivity index (χ0n) is 17.4. The van der Waals surface area contributed by atoms with Gasteiger partial charge in [-0.3, -0.25) is 9.59 Å². The Bertz CT molecular complexity index is 1080. The fourth-order valence-electron chi connectivity index (χ4n) is 2.64. The molecule has 3 aromatic carbocycles. The zero-order valence-corrected chi connectivity index (χ0v) is 17.4. The van der Waals surface area contributed by atoms with Crippen LogP contribution >= 0.6 is 0 Å². The molecule has 0 aliphatic rings. The maximum Gasteiger partial charge on any atom is 0.329 e. The normalized spacial score (nSPS) is 10.4. The molecular weight excluding hydrogens is 406 g/mol. The van der Waals surface area contributed by atoms with E-state index in [0.717, 1.165) is 5.56 Å². The molecule has 0 aliphatic carbocycles. The summed E-state index contributed by atoms with van der Waals surface area (Å²) in [6.45, 7) is 4.36. The fraction of sp³-hybridized carbons (Fsp3) is 0.0800. The highest BCUT2D eigenvalue weighted by Crippen LogP contribution is 2.18. The van der Waals surface area contributed by atoms with Crippen LogP contribution in [-0.4, -0.2) is 24.6 Å². The molecule has 7 heteroatoms. The third kappa shape index (κ3) is 6.84. The Kier molecular flexibility index (Phi) is 8.16. The third-order valence-electron chi connectivity index (χ3n) is 4.21. The van der Waals surface area contributed by atoms with E-state index in [9.17, 15) is 9.59 Å². The molecule has 2 N–H and O–H groups in total. The first kappa shape index (κ1) is 22.3. The number of nitrogens with one attached hydrogen (secondary N) is 2. The summed E-state index contributed by atoms with van der Waals surface area (Å²) in [5, 5.41) is 6.37. The number of ether oxygens (including phenoxy) is 2. The van der Waals surface area contributed by atoms with Gasteiger partial charge in [-0.1, -0.05) is 55.1 Å². The van der Waals surface area contributed by atoms with Gasteiger partial charge in [0.05, 0.1) is 6.21 Å². The highest BCUT2D eigenvalue weighted by Gasteiger charge is 2.13. The van der Waals surface area contributed by atoms with Crippen LogP contribution in [0.4, 0.5) is 5.69 Å². The molecule has 0 unspecified atom stereocenters. The second kappa shape index (κ2) is 11.7. The molecule has 0 aromatic heterocycles. The number of hydrogen-bond acceptors (Lipinski definition) is 5. The van der Waals surface area contributed by atoms with Crippen molar-refractivity contribution in [3.8, 4) is 11.5 Å². The van der Waals surface area contributed by atoms with Crippen LogP contribution in [0.2, 0.25) is 0 Å². The van der Waals surface area contributed by atoms with Crippen molar-refractivity contribution in [3.05, 3.63) is 103 Å². The first-order valence-electron chi connectivity index (χ1n) is 9.89. The van der Waals surface area contributed by atoms with Gasteiger partial charge >= 0.3 is 11.8 Å². The fourth-order valence-corrected chi connectivity index (χ4v) is 2.64. The number of hydrazone groups is 1. The van der Waals surface area contributed by atoms with Gasteiger partial charge in [-0.15, -0.1) is 0 Å². The molecule has 0 spiro atoms. The minimum Gasteiger partial charge on any atom is -0.490 e. The van der Waals surface area contributed by atoms with Gasteiger partial charge in [0.15, 0.2) is 0 Å². The maximum absolute atomic E-state index is 12.1. The topological polar surface area (TPSA) is 89.0 Å². The molecular formula is C25H23N3O4. The number of anilines is 1. The summed E-state index contributed by atoms with van der Waals surface area (Å²) >= 11 is 0. The number of amides is 2. The van der Waals surface area contributed by atoms with Crippen molar-refractivity contribution in [1.82, 2.24) is 5.43 Å². The van der Waals surface area contributed by atoms with Crippen molar-refractivity contribution in [3.63, 3.8) is 0 Å². The number of carbonyl (C=O) groups excluding carboxylic acids is 2. The predicted molar refractivity (Wildman–Crippen MR) is 124 cm³/mol. The van der Waals surface area contributed by atoms with Crippen LogP contribution in [0.1, 0.15) is 11.1 Å². The Hall–Kier alpha value is -4.39. The van der Waals surface area contributed by atoms with E-state index in [-0.39, 0.29) is 0 Å². The van der Waals surface area contributed by atoms with Crippen LogP contribution in [0.3, 0.4) is 0 Å². The predicted octanol–water partition coefficient (Wildman–Crippen LogP) is 3.92. The van der Waals surface area contributed by atoms with E-state index in [1.807, 2.05) is 42.5 Å². The van der Waals surface area contributed by atoms with Crippen molar-refractivity contribution in [2.24, 2.45) is 5.10 Å². The van der Waals surface area contributed by atoms with Crippen LogP contribution < -0.4 is 20.2 Å². The largest absolute Gasteiger partial charge is 0.490 e. The molecule has 0 bridgehead atoms. The van der Waals surface area contributed by atoms with Crippen molar-refractivity contribution in [1.29, 1.82) is 0 Å². The second-order valence-corrected chi connectivity index (χ2v) is 6.59. The Morgan fingerprint density at radius 3 is 2.34 bits per heavy atom. The standard InChI is InChI=1S/C25H23N3O4/c1-2-16-31-22-14-12-21(13-15-22)27-24(29)25(30)28-26-17-20-10-6-7-11-23(20)32-18-19-8-4-3-5-9-19/h2-15,17H,1,16,18H2,(H,27,29)(H,28,30)/b26-17-. The van der Waals surface area contributed by atoms with Crippen LogP contribution in [0.15, 0.2) is 96.6 Å². The highest BCUT2D eigenvalue weighted by atomic mass is 16.5. The minimum atomic E-state index is -0.893. The SMILES string of the molecule is C=CCOc1ccc(NC(=O)C(=O)N/N=C\c2ccccc2OCc2ccccc2)cc1. The number of benzene rings is 3. The molecule has 32 heavy (non-hydrogen) atoms. The molecule has 3 aromatic rings. The first-order chi connectivity index (χ1) is 15.7. The second-order valence-electron chi connectivity index (χ2n) is 6.59. The summed E-state index contributed by atoms with van der Waals surface area (Å²) in [4.78, 5) is 24.1. The van der Waals surface area contributed by atoms with E-state index in [4.69, 9.17) is 9.47 Å². The molecule has 0 saturated carbocycles. The van der Waals surface area contributed by atoms with Crippen molar-refractivity contribution < 1.29 is 19.1 Å². The van der Waals surface area contributed by atoms with Gasteiger partial charge in [0.25, 0.3) is 0 Å². The Labute approximate surface area is 186 Å². The van der Waals surface area contributed by atoms with Crippen molar-refractivity contribution >= 4 is 23.7 Å². The van der Waals surface area contributed by atoms with E-state index in [0.29, 0.717) is 36.0 Å². The Morgan fingerprint density at radius 2 is 1.59 bits per heavy atom. The zero-order chi connectivity index (χ0) is 22.6. The number of carbonyl (C=O) groups is 2. The highest BCUT2D eigenvalue weighted by molar-refractivity contribution is 6.39. The van der Waals surface area contributed by atoms with E-state index < -0.39 is 11.8 Å². The van der Waals surface area contributed by atoms with Gasteiger partial charge < -0.3 is 14.8 Å². The lowest BCUT2D eigenvalue weighted by atomic mass is 10.2. The summed E-state index contributed by atoms with van der Waals surface area (Å²) in [6, 6.07) is 23.7. The summed E-state index contributed by atoms with van der Waals surface area (Å²) in [7, 11) is 0. The lowest BCUT2D eigenvalue weighted by Crippen LogP contribution is -2.32. The van der Waals surface area contributed by atoms with Gasteiger partial charge in [0, 0.05) is 11.3 Å². The lowest BCUT2D eigenvalue weighted by Gasteiger charge is -2.09.